The maximum Gasteiger partial charge on any atom is 0.230 e. The molecule has 0 aliphatic rings. The summed E-state index contributed by atoms with van der Waals surface area (Å²) >= 11 is 0. The SMILES string of the molecule is CC(=O)CC(=O)N(CC(C)C)C(C)C. The second-order valence-corrected chi connectivity index (χ2v) is 4.41. The van der Waals surface area contributed by atoms with Gasteiger partial charge in [-0.05, 0) is 26.7 Å². The summed E-state index contributed by atoms with van der Waals surface area (Å²) in [6.45, 7) is 10.3. The van der Waals surface area contributed by atoms with Crippen molar-refractivity contribution in [3.63, 3.8) is 0 Å². The molecule has 1 amide bonds. The highest BCUT2D eigenvalue weighted by molar-refractivity contribution is 5.96. The summed E-state index contributed by atoms with van der Waals surface area (Å²) in [5.74, 6) is 0.318. The molecule has 0 N–H and O–H groups in total. The van der Waals surface area contributed by atoms with Gasteiger partial charge < -0.3 is 4.90 Å². The first-order valence-electron chi connectivity index (χ1n) is 5.13. The van der Waals surface area contributed by atoms with E-state index in [1.54, 1.807) is 4.90 Å². The second-order valence-electron chi connectivity index (χ2n) is 4.41. The van der Waals surface area contributed by atoms with Gasteiger partial charge in [0.25, 0.3) is 0 Å². The van der Waals surface area contributed by atoms with Crippen LogP contribution in [0, 0.1) is 5.92 Å². The van der Waals surface area contributed by atoms with Gasteiger partial charge in [0.15, 0.2) is 0 Å². The minimum absolute atomic E-state index is 0.0326. The number of amides is 1. The molecule has 0 aromatic carbocycles. The van der Waals surface area contributed by atoms with Gasteiger partial charge in [0.05, 0.1) is 6.42 Å². The van der Waals surface area contributed by atoms with E-state index in [9.17, 15) is 9.59 Å². The third-order valence-corrected chi connectivity index (χ3v) is 1.91. The predicted octanol–water partition coefficient (Wildman–Crippen LogP) is 1.86. The lowest BCUT2D eigenvalue weighted by Gasteiger charge is -2.28. The second kappa shape index (κ2) is 5.78. The third kappa shape index (κ3) is 5.00. The van der Waals surface area contributed by atoms with E-state index in [1.807, 2.05) is 13.8 Å². The number of rotatable bonds is 5. The third-order valence-electron chi connectivity index (χ3n) is 1.91. The Labute approximate surface area is 86.5 Å². The lowest BCUT2D eigenvalue weighted by molar-refractivity contribution is -0.136. The topological polar surface area (TPSA) is 37.4 Å². The van der Waals surface area contributed by atoms with Crippen molar-refractivity contribution < 1.29 is 9.59 Å². The van der Waals surface area contributed by atoms with Crippen LogP contribution in [0.4, 0.5) is 0 Å². The Hall–Kier alpha value is -0.860. The predicted molar refractivity (Wildman–Crippen MR) is 57.0 cm³/mol. The summed E-state index contributed by atoms with van der Waals surface area (Å²) in [5, 5.41) is 0. The van der Waals surface area contributed by atoms with Crippen molar-refractivity contribution in [3.05, 3.63) is 0 Å². The maximum atomic E-state index is 11.6. The normalized spacial score (nSPS) is 10.8. The molecule has 0 aliphatic heterocycles. The molecule has 0 unspecified atom stereocenters. The average Bonchev–Trinajstić information content (AvgIpc) is 1.97. The minimum atomic E-state index is -0.0654. The van der Waals surface area contributed by atoms with Crippen LogP contribution in [0.15, 0.2) is 0 Å². The van der Waals surface area contributed by atoms with Crippen molar-refractivity contribution in [2.45, 2.75) is 47.1 Å². The Morgan fingerprint density at radius 2 is 1.64 bits per heavy atom. The van der Waals surface area contributed by atoms with Crippen LogP contribution in [0.3, 0.4) is 0 Å². The highest BCUT2D eigenvalue weighted by atomic mass is 16.2. The fourth-order valence-electron chi connectivity index (χ4n) is 1.31. The van der Waals surface area contributed by atoms with Crippen molar-refractivity contribution in [2.24, 2.45) is 5.92 Å². The van der Waals surface area contributed by atoms with Crippen LogP contribution in [0.1, 0.15) is 41.0 Å². The summed E-state index contributed by atoms with van der Waals surface area (Å²) < 4.78 is 0. The van der Waals surface area contributed by atoms with Crippen molar-refractivity contribution in [1.82, 2.24) is 4.90 Å². The molecule has 0 aromatic heterocycles. The molecule has 14 heavy (non-hydrogen) atoms. The van der Waals surface area contributed by atoms with Crippen LogP contribution in [0.25, 0.3) is 0 Å². The summed E-state index contributed by atoms with van der Waals surface area (Å²) in [7, 11) is 0. The van der Waals surface area contributed by atoms with Crippen LogP contribution >= 0.6 is 0 Å². The van der Waals surface area contributed by atoms with Gasteiger partial charge in [-0.2, -0.15) is 0 Å². The number of nitrogens with zero attached hydrogens (tertiary/aromatic N) is 1. The van der Waals surface area contributed by atoms with Crippen LogP contribution in [-0.4, -0.2) is 29.2 Å². The van der Waals surface area contributed by atoms with Gasteiger partial charge >= 0.3 is 0 Å². The van der Waals surface area contributed by atoms with Crippen LogP contribution < -0.4 is 0 Å². The highest BCUT2D eigenvalue weighted by Crippen LogP contribution is 2.06. The average molecular weight is 199 g/mol. The monoisotopic (exact) mass is 199 g/mol. The molecule has 0 aromatic rings. The number of Topliss-reactive ketones (excluding diaryl/α,β-unsaturated/α-hetero) is 1. The quantitative estimate of drug-likeness (QED) is 0.634. The lowest BCUT2D eigenvalue weighted by atomic mass is 10.1. The van der Waals surface area contributed by atoms with Gasteiger partial charge in [-0.15, -0.1) is 0 Å². The molecule has 82 valence electrons. The van der Waals surface area contributed by atoms with Crippen molar-refractivity contribution >= 4 is 11.7 Å². The molecule has 0 saturated heterocycles. The van der Waals surface area contributed by atoms with E-state index in [4.69, 9.17) is 0 Å². The Morgan fingerprint density at radius 1 is 1.14 bits per heavy atom. The fourth-order valence-corrected chi connectivity index (χ4v) is 1.31. The summed E-state index contributed by atoms with van der Waals surface area (Å²) in [5.41, 5.74) is 0. The molecule has 0 rings (SSSR count). The number of ketones is 1. The van der Waals surface area contributed by atoms with Gasteiger partial charge in [-0.3, -0.25) is 9.59 Å². The number of carbonyl (C=O) groups excluding carboxylic acids is 2. The Bertz CT molecular complexity index is 209. The first-order valence-corrected chi connectivity index (χ1v) is 5.13. The molecule has 0 heterocycles. The van der Waals surface area contributed by atoms with E-state index in [-0.39, 0.29) is 24.2 Å². The largest absolute Gasteiger partial charge is 0.340 e. The zero-order valence-electron chi connectivity index (χ0n) is 9.83. The first kappa shape index (κ1) is 13.1. The zero-order valence-corrected chi connectivity index (χ0v) is 9.83. The van der Waals surface area contributed by atoms with E-state index in [0.717, 1.165) is 6.54 Å². The van der Waals surface area contributed by atoms with Crippen molar-refractivity contribution in [1.29, 1.82) is 0 Å². The van der Waals surface area contributed by atoms with E-state index < -0.39 is 0 Å². The Balaban J connectivity index is 4.33. The molecule has 0 aliphatic carbocycles. The highest BCUT2D eigenvalue weighted by Gasteiger charge is 2.18. The molecule has 0 bridgehead atoms. The molecule has 0 radical (unpaired) electrons. The van der Waals surface area contributed by atoms with Crippen LogP contribution in [0.5, 0.6) is 0 Å². The summed E-state index contributed by atoms with van der Waals surface area (Å²) in [4.78, 5) is 24.2. The lowest BCUT2D eigenvalue weighted by Crippen LogP contribution is -2.40. The number of carbonyl (C=O) groups is 2. The molecule has 3 nitrogen and oxygen atoms in total. The maximum absolute atomic E-state index is 11.6. The molecule has 0 saturated carbocycles. The summed E-state index contributed by atoms with van der Waals surface area (Å²) in [6.07, 6.45) is 0.0326. The Kier molecular flexibility index (Phi) is 5.43. The molecule has 0 fully saturated rings. The fraction of sp³-hybridized carbons (Fsp3) is 0.818. The van der Waals surface area contributed by atoms with Gasteiger partial charge in [-0.25, -0.2) is 0 Å². The van der Waals surface area contributed by atoms with Crippen LogP contribution in [-0.2, 0) is 9.59 Å². The summed E-state index contributed by atoms with van der Waals surface area (Å²) in [6, 6.07) is 0.171. The van der Waals surface area contributed by atoms with Gasteiger partial charge in [0.1, 0.15) is 5.78 Å². The van der Waals surface area contributed by atoms with Gasteiger partial charge in [0.2, 0.25) is 5.91 Å². The molecular weight excluding hydrogens is 178 g/mol. The van der Waals surface area contributed by atoms with E-state index >= 15 is 0 Å². The van der Waals surface area contributed by atoms with E-state index in [2.05, 4.69) is 13.8 Å². The van der Waals surface area contributed by atoms with Gasteiger partial charge in [-0.1, -0.05) is 13.8 Å². The standard InChI is InChI=1S/C11H21NO2/c1-8(2)7-12(9(3)4)11(14)6-10(5)13/h8-9H,6-7H2,1-5H3. The minimum Gasteiger partial charge on any atom is -0.340 e. The van der Waals surface area contributed by atoms with Crippen LogP contribution in [0.2, 0.25) is 0 Å². The molecule has 0 atom stereocenters. The number of hydrogen-bond donors (Lipinski definition) is 0. The van der Waals surface area contributed by atoms with E-state index in [1.165, 1.54) is 6.92 Å². The first-order chi connectivity index (χ1) is 6.34. The number of hydrogen-bond acceptors (Lipinski definition) is 2. The smallest absolute Gasteiger partial charge is 0.230 e. The molecular formula is C11H21NO2. The van der Waals surface area contributed by atoms with Crippen molar-refractivity contribution in [2.75, 3.05) is 6.54 Å². The van der Waals surface area contributed by atoms with Crippen molar-refractivity contribution in [3.8, 4) is 0 Å². The zero-order chi connectivity index (χ0) is 11.3. The van der Waals surface area contributed by atoms with E-state index in [0.29, 0.717) is 5.92 Å². The molecule has 3 heteroatoms. The molecule has 0 spiro atoms. The van der Waals surface area contributed by atoms with Gasteiger partial charge in [0, 0.05) is 12.6 Å². The Morgan fingerprint density at radius 3 is 1.93 bits per heavy atom.